The van der Waals surface area contributed by atoms with Crippen molar-refractivity contribution in [1.82, 2.24) is 15.5 Å². The Bertz CT molecular complexity index is 550. The van der Waals surface area contributed by atoms with E-state index < -0.39 is 0 Å². The molecule has 4 heteroatoms. The Morgan fingerprint density at radius 3 is 2.86 bits per heavy atom. The molecule has 0 saturated carbocycles. The number of aromatic nitrogens is 2. The van der Waals surface area contributed by atoms with Gasteiger partial charge in [0, 0.05) is 18.9 Å². The average Bonchev–Trinajstić information content (AvgIpc) is 2.93. The summed E-state index contributed by atoms with van der Waals surface area (Å²) in [5.41, 5.74) is 2.52. The Morgan fingerprint density at radius 2 is 2.10 bits per heavy atom. The number of benzene rings is 1. The van der Waals surface area contributed by atoms with Gasteiger partial charge in [0.1, 0.15) is 0 Å². The van der Waals surface area contributed by atoms with Crippen LogP contribution in [-0.2, 0) is 12.8 Å². The lowest BCUT2D eigenvalue weighted by molar-refractivity contribution is 0.363. The van der Waals surface area contributed by atoms with Gasteiger partial charge >= 0.3 is 0 Å². The molecule has 21 heavy (non-hydrogen) atoms. The van der Waals surface area contributed by atoms with Crippen LogP contribution in [0.3, 0.4) is 0 Å². The monoisotopic (exact) mass is 287 g/mol. The Hall–Kier alpha value is -1.68. The minimum Gasteiger partial charge on any atom is -0.339 e. The van der Waals surface area contributed by atoms with E-state index in [9.17, 15) is 0 Å². The molecule has 0 radical (unpaired) electrons. The molecular formula is C17H25N3O. The van der Waals surface area contributed by atoms with E-state index in [2.05, 4.69) is 48.4 Å². The number of aryl methyl sites for hydroxylation is 2. The summed E-state index contributed by atoms with van der Waals surface area (Å²) in [7, 11) is 0. The van der Waals surface area contributed by atoms with Crippen molar-refractivity contribution < 1.29 is 4.52 Å². The third-order valence-corrected chi connectivity index (χ3v) is 3.65. The number of hydrogen-bond acceptors (Lipinski definition) is 4. The lowest BCUT2D eigenvalue weighted by Gasteiger charge is -2.10. The van der Waals surface area contributed by atoms with Gasteiger partial charge in [0.2, 0.25) is 5.89 Å². The maximum absolute atomic E-state index is 5.34. The molecule has 0 saturated heterocycles. The number of nitrogens with one attached hydrogen (secondary N) is 1. The highest BCUT2D eigenvalue weighted by Crippen LogP contribution is 2.12. The molecule has 0 aliphatic heterocycles. The Balaban J connectivity index is 1.85. The lowest BCUT2D eigenvalue weighted by Crippen LogP contribution is -2.27. The molecule has 1 aromatic carbocycles. The minimum absolute atomic E-state index is 0.483. The van der Waals surface area contributed by atoms with Crippen LogP contribution in [0.4, 0.5) is 0 Å². The summed E-state index contributed by atoms with van der Waals surface area (Å²) < 4.78 is 5.34. The fourth-order valence-corrected chi connectivity index (χ4v) is 2.28. The molecule has 1 N–H and O–H groups in total. The van der Waals surface area contributed by atoms with Crippen LogP contribution >= 0.6 is 0 Å². The predicted octanol–water partition coefficient (Wildman–Crippen LogP) is 3.29. The Kier molecular flexibility index (Phi) is 5.93. The maximum atomic E-state index is 5.34. The zero-order chi connectivity index (χ0) is 15.1. The minimum atomic E-state index is 0.483. The second kappa shape index (κ2) is 7.93. The summed E-state index contributed by atoms with van der Waals surface area (Å²) >= 11 is 0. The normalized spacial score (nSPS) is 12.5. The molecule has 114 valence electrons. The summed E-state index contributed by atoms with van der Waals surface area (Å²) in [5, 5.41) is 7.55. The van der Waals surface area contributed by atoms with Crippen LogP contribution in [0.1, 0.15) is 49.5 Å². The number of nitrogens with zero attached hydrogens (tertiary/aromatic N) is 2. The third kappa shape index (κ3) is 4.97. The highest BCUT2D eigenvalue weighted by Gasteiger charge is 2.10. The predicted molar refractivity (Wildman–Crippen MR) is 84.4 cm³/mol. The Morgan fingerprint density at radius 1 is 1.29 bits per heavy atom. The van der Waals surface area contributed by atoms with Gasteiger partial charge in [0.25, 0.3) is 0 Å². The van der Waals surface area contributed by atoms with Crippen molar-refractivity contribution >= 4 is 0 Å². The third-order valence-electron chi connectivity index (χ3n) is 3.65. The molecular weight excluding hydrogens is 262 g/mol. The standard InChI is InChI=1S/C17H25N3O/c1-4-11-18-14(3)9-10-17-19-16(20-21-17)12-15-8-6-5-7-13(15)2/h5-8,14,18H,4,9-12H2,1-3H3. The van der Waals surface area contributed by atoms with Crippen molar-refractivity contribution in [2.75, 3.05) is 6.54 Å². The van der Waals surface area contributed by atoms with E-state index in [1.165, 1.54) is 11.1 Å². The molecule has 0 fully saturated rings. The average molecular weight is 287 g/mol. The van der Waals surface area contributed by atoms with Crippen LogP contribution in [0.5, 0.6) is 0 Å². The smallest absolute Gasteiger partial charge is 0.226 e. The summed E-state index contributed by atoms with van der Waals surface area (Å²) in [6.45, 7) is 7.54. The van der Waals surface area contributed by atoms with E-state index in [1.54, 1.807) is 0 Å². The summed E-state index contributed by atoms with van der Waals surface area (Å²) in [6.07, 6.45) is 3.75. The summed E-state index contributed by atoms with van der Waals surface area (Å²) in [5.74, 6) is 1.51. The van der Waals surface area contributed by atoms with Crippen molar-refractivity contribution in [2.24, 2.45) is 0 Å². The van der Waals surface area contributed by atoms with E-state index in [0.717, 1.165) is 43.9 Å². The highest BCUT2D eigenvalue weighted by molar-refractivity contribution is 5.27. The van der Waals surface area contributed by atoms with Gasteiger partial charge in [-0.3, -0.25) is 0 Å². The quantitative estimate of drug-likeness (QED) is 0.809. The van der Waals surface area contributed by atoms with Gasteiger partial charge < -0.3 is 9.84 Å². The molecule has 0 spiro atoms. The zero-order valence-corrected chi connectivity index (χ0v) is 13.2. The van der Waals surface area contributed by atoms with Gasteiger partial charge in [-0.25, -0.2) is 0 Å². The zero-order valence-electron chi connectivity index (χ0n) is 13.2. The second-order valence-corrected chi connectivity index (χ2v) is 5.60. The topological polar surface area (TPSA) is 51.0 Å². The fraction of sp³-hybridized carbons (Fsp3) is 0.529. The van der Waals surface area contributed by atoms with Crippen LogP contribution in [0.2, 0.25) is 0 Å². The van der Waals surface area contributed by atoms with Crippen LogP contribution in [0.25, 0.3) is 0 Å². The molecule has 1 aromatic heterocycles. The molecule has 0 aliphatic carbocycles. The molecule has 1 atom stereocenters. The molecule has 0 bridgehead atoms. The van der Waals surface area contributed by atoms with Gasteiger partial charge in [-0.1, -0.05) is 36.3 Å². The SMILES string of the molecule is CCCNC(C)CCc1nc(Cc2ccccc2C)no1. The first kappa shape index (κ1) is 15.7. The van der Waals surface area contributed by atoms with E-state index in [0.29, 0.717) is 6.04 Å². The molecule has 1 unspecified atom stereocenters. The molecule has 0 aliphatic rings. The number of rotatable bonds is 8. The number of hydrogen-bond donors (Lipinski definition) is 1. The maximum Gasteiger partial charge on any atom is 0.226 e. The van der Waals surface area contributed by atoms with Gasteiger partial charge in [0.05, 0.1) is 0 Å². The van der Waals surface area contributed by atoms with Gasteiger partial charge in [-0.05, 0) is 44.4 Å². The summed E-state index contributed by atoms with van der Waals surface area (Å²) in [6, 6.07) is 8.80. The largest absolute Gasteiger partial charge is 0.339 e. The van der Waals surface area contributed by atoms with Gasteiger partial charge in [0.15, 0.2) is 5.82 Å². The molecule has 4 nitrogen and oxygen atoms in total. The first-order valence-electron chi connectivity index (χ1n) is 7.78. The summed E-state index contributed by atoms with van der Waals surface area (Å²) in [4.78, 5) is 4.49. The highest BCUT2D eigenvalue weighted by atomic mass is 16.5. The lowest BCUT2D eigenvalue weighted by atomic mass is 10.1. The fourth-order valence-electron chi connectivity index (χ4n) is 2.28. The molecule has 2 aromatic rings. The van der Waals surface area contributed by atoms with Crippen molar-refractivity contribution in [3.8, 4) is 0 Å². The van der Waals surface area contributed by atoms with Crippen LogP contribution in [-0.4, -0.2) is 22.7 Å². The van der Waals surface area contributed by atoms with Crippen LogP contribution in [0, 0.1) is 6.92 Å². The van der Waals surface area contributed by atoms with Crippen LogP contribution < -0.4 is 5.32 Å². The van der Waals surface area contributed by atoms with Gasteiger partial charge in [-0.15, -0.1) is 0 Å². The first-order chi connectivity index (χ1) is 10.2. The van der Waals surface area contributed by atoms with E-state index >= 15 is 0 Å². The van der Waals surface area contributed by atoms with Crippen LogP contribution in [0.15, 0.2) is 28.8 Å². The van der Waals surface area contributed by atoms with Crippen molar-refractivity contribution in [1.29, 1.82) is 0 Å². The molecule has 0 amide bonds. The first-order valence-corrected chi connectivity index (χ1v) is 7.78. The van der Waals surface area contributed by atoms with E-state index in [-0.39, 0.29) is 0 Å². The van der Waals surface area contributed by atoms with Crippen molar-refractivity contribution in [2.45, 2.75) is 52.5 Å². The van der Waals surface area contributed by atoms with E-state index in [4.69, 9.17) is 4.52 Å². The van der Waals surface area contributed by atoms with Gasteiger partial charge in [-0.2, -0.15) is 4.98 Å². The molecule has 1 heterocycles. The van der Waals surface area contributed by atoms with E-state index in [1.807, 2.05) is 12.1 Å². The Labute approximate surface area is 127 Å². The molecule has 2 rings (SSSR count). The van der Waals surface area contributed by atoms with Crippen molar-refractivity contribution in [3.63, 3.8) is 0 Å². The second-order valence-electron chi connectivity index (χ2n) is 5.60. The van der Waals surface area contributed by atoms with Crippen molar-refractivity contribution in [3.05, 3.63) is 47.1 Å².